The Hall–Kier alpha value is -5.02. The number of alkyl halides is 5. The van der Waals surface area contributed by atoms with E-state index in [1.165, 1.54) is 30.7 Å². The van der Waals surface area contributed by atoms with Gasteiger partial charge in [0.1, 0.15) is 11.4 Å². The summed E-state index contributed by atoms with van der Waals surface area (Å²) in [6, 6.07) is 4.38. The summed E-state index contributed by atoms with van der Waals surface area (Å²) in [4.78, 5) is 33.1. The van der Waals surface area contributed by atoms with Gasteiger partial charge in [0.05, 0.1) is 23.5 Å². The van der Waals surface area contributed by atoms with Crippen molar-refractivity contribution in [2.24, 2.45) is 5.73 Å². The highest BCUT2D eigenvalue weighted by molar-refractivity contribution is 6.00. The van der Waals surface area contributed by atoms with Gasteiger partial charge in [-0.1, -0.05) is 0 Å². The summed E-state index contributed by atoms with van der Waals surface area (Å²) in [6.45, 7) is 0. The number of aromatic nitrogens is 8. The van der Waals surface area contributed by atoms with Crippen molar-refractivity contribution >= 4 is 11.6 Å². The minimum absolute atomic E-state index is 0.211. The molecule has 188 valence electrons. The molecule has 0 aromatic carbocycles. The second kappa shape index (κ2) is 8.58. The normalized spacial score (nSPS) is 11.9. The quantitative estimate of drug-likeness (QED) is 0.354. The number of primary amides is 1. The van der Waals surface area contributed by atoms with Crippen LogP contribution in [0.15, 0.2) is 60.0 Å². The van der Waals surface area contributed by atoms with E-state index in [9.17, 15) is 31.5 Å². The second-order valence-corrected chi connectivity index (χ2v) is 7.47. The SMILES string of the molecule is NC(=O)c1c(-c2cnc(-n3nccn3)c(C(F)F)c2)nn(-c2cccn3c(=O)ccnc23)c1C(F)(F)F. The molecular weight excluding hydrogens is 505 g/mol. The molecule has 1 amide bonds. The van der Waals surface area contributed by atoms with E-state index < -0.39 is 46.6 Å². The molecule has 11 nitrogen and oxygen atoms in total. The molecule has 0 fully saturated rings. The van der Waals surface area contributed by atoms with Crippen molar-refractivity contribution < 1.29 is 26.7 Å². The number of nitrogens with two attached hydrogens (primary N) is 1. The van der Waals surface area contributed by atoms with Gasteiger partial charge in [-0.3, -0.25) is 14.0 Å². The van der Waals surface area contributed by atoms with Gasteiger partial charge >= 0.3 is 6.18 Å². The predicted molar refractivity (Wildman–Crippen MR) is 115 cm³/mol. The van der Waals surface area contributed by atoms with E-state index in [0.29, 0.717) is 4.68 Å². The number of hydrogen-bond donors (Lipinski definition) is 1. The van der Waals surface area contributed by atoms with Crippen molar-refractivity contribution in [1.29, 1.82) is 0 Å². The van der Waals surface area contributed by atoms with Crippen LogP contribution in [-0.2, 0) is 6.18 Å². The Balaban J connectivity index is 1.83. The Bertz CT molecular complexity index is 1710. The summed E-state index contributed by atoms with van der Waals surface area (Å²) >= 11 is 0. The number of carbonyl (C=O) groups is 1. The molecule has 5 aromatic rings. The largest absolute Gasteiger partial charge is 0.434 e. The van der Waals surface area contributed by atoms with Gasteiger partial charge in [0.25, 0.3) is 17.9 Å². The second-order valence-electron chi connectivity index (χ2n) is 7.47. The molecule has 5 rings (SSSR count). The molecule has 2 N–H and O–H groups in total. The minimum atomic E-state index is -5.19. The van der Waals surface area contributed by atoms with Crippen molar-refractivity contribution in [2.75, 3.05) is 0 Å². The van der Waals surface area contributed by atoms with Crippen LogP contribution in [0.2, 0.25) is 0 Å². The fraction of sp³-hybridized carbons (Fsp3) is 0.0952. The van der Waals surface area contributed by atoms with Crippen LogP contribution in [0, 0.1) is 0 Å². The fourth-order valence-corrected chi connectivity index (χ4v) is 3.76. The fourth-order valence-electron chi connectivity index (χ4n) is 3.76. The van der Waals surface area contributed by atoms with E-state index in [-0.39, 0.29) is 22.7 Å². The van der Waals surface area contributed by atoms with E-state index in [4.69, 9.17) is 5.73 Å². The van der Waals surface area contributed by atoms with Crippen LogP contribution in [0.1, 0.15) is 28.0 Å². The standard InChI is InChI=1S/C21H12F5N9O2/c22-17(23)11-8-10(9-29-19(11)35-30-5-6-31-35)15-14(18(27)37)16(21(24,25)26)34(32-15)12-2-1-7-33-13(36)3-4-28-20(12)33/h1-9,17H,(H2,27,37). The smallest absolute Gasteiger partial charge is 0.365 e. The Kier molecular flexibility index (Phi) is 5.50. The van der Waals surface area contributed by atoms with Gasteiger partial charge in [0.15, 0.2) is 17.2 Å². The molecule has 0 radical (unpaired) electrons. The number of nitrogens with zero attached hydrogens (tertiary/aromatic N) is 8. The molecule has 37 heavy (non-hydrogen) atoms. The van der Waals surface area contributed by atoms with Gasteiger partial charge in [-0.2, -0.15) is 28.5 Å². The summed E-state index contributed by atoms with van der Waals surface area (Å²) < 4.78 is 72.0. The number of rotatable bonds is 5. The van der Waals surface area contributed by atoms with Crippen LogP contribution < -0.4 is 11.3 Å². The zero-order valence-corrected chi connectivity index (χ0v) is 18.1. The van der Waals surface area contributed by atoms with Crippen molar-refractivity contribution in [1.82, 2.24) is 39.1 Å². The highest BCUT2D eigenvalue weighted by Gasteiger charge is 2.43. The molecule has 0 aliphatic heterocycles. The van der Waals surface area contributed by atoms with Crippen molar-refractivity contribution in [3.05, 3.63) is 82.4 Å². The molecule has 5 aromatic heterocycles. The van der Waals surface area contributed by atoms with E-state index in [1.54, 1.807) is 0 Å². The van der Waals surface area contributed by atoms with Crippen LogP contribution in [0.25, 0.3) is 28.4 Å². The molecular formula is C21H12F5N9O2. The Labute approximate surface area is 201 Å². The molecule has 5 heterocycles. The molecule has 0 aliphatic carbocycles. The van der Waals surface area contributed by atoms with Crippen LogP contribution >= 0.6 is 0 Å². The first-order chi connectivity index (χ1) is 17.6. The minimum Gasteiger partial charge on any atom is -0.365 e. The van der Waals surface area contributed by atoms with Gasteiger partial charge < -0.3 is 5.73 Å². The lowest BCUT2D eigenvalue weighted by Gasteiger charge is -2.13. The molecule has 0 spiro atoms. The summed E-state index contributed by atoms with van der Waals surface area (Å²) in [5.74, 6) is -1.90. The average molecular weight is 517 g/mol. The number of fused-ring (bicyclic) bond motifs is 1. The lowest BCUT2D eigenvalue weighted by atomic mass is 10.0. The topological polar surface area (TPSA) is 139 Å². The molecule has 0 bridgehead atoms. The van der Waals surface area contributed by atoms with Crippen LogP contribution in [-0.4, -0.2) is 45.1 Å². The molecule has 0 aliphatic rings. The maximum Gasteiger partial charge on any atom is 0.434 e. The molecule has 16 heteroatoms. The molecule has 0 atom stereocenters. The Morgan fingerprint density at radius 3 is 2.43 bits per heavy atom. The van der Waals surface area contributed by atoms with Gasteiger partial charge in [-0.05, 0) is 18.2 Å². The Morgan fingerprint density at radius 1 is 1.05 bits per heavy atom. The van der Waals surface area contributed by atoms with Crippen LogP contribution in [0.5, 0.6) is 0 Å². The Morgan fingerprint density at radius 2 is 1.78 bits per heavy atom. The number of hydrogen-bond acceptors (Lipinski definition) is 7. The number of halogens is 5. The van der Waals surface area contributed by atoms with E-state index in [1.807, 2.05) is 0 Å². The third kappa shape index (κ3) is 3.97. The van der Waals surface area contributed by atoms with Crippen molar-refractivity contribution in [3.63, 3.8) is 0 Å². The highest BCUT2D eigenvalue weighted by atomic mass is 19.4. The molecule has 0 saturated heterocycles. The average Bonchev–Trinajstić information content (AvgIpc) is 3.52. The zero-order chi connectivity index (χ0) is 26.5. The summed E-state index contributed by atoms with van der Waals surface area (Å²) in [5.41, 5.74) is -0.200. The first-order valence-electron chi connectivity index (χ1n) is 10.2. The lowest BCUT2D eigenvalue weighted by molar-refractivity contribution is -0.143. The van der Waals surface area contributed by atoms with Crippen LogP contribution in [0.4, 0.5) is 22.0 Å². The summed E-state index contributed by atoms with van der Waals surface area (Å²) in [6.07, 6.45) is -2.57. The maximum atomic E-state index is 14.3. The maximum absolute atomic E-state index is 14.3. The van der Waals surface area contributed by atoms with Crippen molar-refractivity contribution in [3.8, 4) is 22.8 Å². The zero-order valence-electron chi connectivity index (χ0n) is 18.1. The van der Waals surface area contributed by atoms with Crippen LogP contribution in [0.3, 0.4) is 0 Å². The number of pyridine rings is 2. The highest BCUT2D eigenvalue weighted by Crippen LogP contribution is 2.39. The molecule has 0 unspecified atom stereocenters. The first-order valence-corrected chi connectivity index (χ1v) is 10.2. The lowest BCUT2D eigenvalue weighted by Crippen LogP contribution is -2.22. The van der Waals surface area contributed by atoms with E-state index >= 15 is 0 Å². The van der Waals surface area contributed by atoms with E-state index in [0.717, 1.165) is 33.7 Å². The molecule has 0 saturated carbocycles. The number of carbonyl (C=O) groups excluding carboxylic acids is 1. The van der Waals surface area contributed by atoms with Gasteiger partial charge in [-0.15, -0.1) is 4.80 Å². The third-order valence-corrected chi connectivity index (χ3v) is 5.24. The monoisotopic (exact) mass is 517 g/mol. The first kappa shape index (κ1) is 23.7. The predicted octanol–water partition coefficient (Wildman–Crippen LogP) is 2.58. The third-order valence-electron chi connectivity index (χ3n) is 5.24. The van der Waals surface area contributed by atoms with Gasteiger partial charge in [0.2, 0.25) is 0 Å². The van der Waals surface area contributed by atoms with Crippen molar-refractivity contribution in [2.45, 2.75) is 12.6 Å². The van der Waals surface area contributed by atoms with Gasteiger partial charge in [-0.25, -0.2) is 23.4 Å². The van der Waals surface area contributed by atoms with Gasteiger partial charge in [0, 0.05) is 30.2 Å². The number of amides is 1. The summed E-state index contributed by atoms with van der Waals surface area (Å²) in [7, 11) is 0. The summed E-state index contributed by atoms with van der Waals surface area (Å²) in [5, 5.41) is 11.4. The van der Waals surface area contributed by atoms with E-state index in [2.05, 4.69) is 25.3 Å².